The number of carbonyl (C=O) groups excluding carboxylic acids is 2. The van der Waals surface area contributed by atoms with E-state index < -0.39 is 17.5 Å². The molecule has 0 bridgehead atoms. The normalized spacial score (nSPS) is 18.0. The Kier molecular flexibility index (Phi) is 7.15. The molecule has 0 radical (unpaired) electrons. The first-order valence-corrected chi connectivity index (χ1v) is 11.7. The van der Waals surface area contributed by atoms with Crippen molar-refractivity contribution in [2.75, 3.05) is 5.32 Å². The zero-order valence-electron chi connectivity index (χ0n) is 18.0. The summed E-state index contributed by atoms with van der Waals surface area (Å²) in [6.07, 6.45) is 2.94. The number of hydrogen-bond acceptors (Lipinski definition) is 4. The van der Waals surface area contributed by atoms with Crippen LogP contribution in [0.15, 0.2) is 60.0 Å². The van der Waals surface area contributed by atoms with Crippen LogP contribution >= 0.6 is 11.3 Å². The van der Waals surface area contributed by atoms with Crippen LogP contribution in [-0.2, 0) is 6.54 Å². The average Bonchev–Trinajstić information content (AvgIpc) is 3.33. The number of anilines is 1. The number of nitrogens with one attached hydrogen (secondary N) is 1. The number of para-hydroxylation sites is 1. The van der Waals surface area contributed by atoms with Gasteiger partial charge in [-0.15, -0.1) is 11.3 Å². The summed E-state index contributed by atoms with van der Waals surface area (Å²) in [5.41, 5.74) is 7.34. The molecule has 1 fully saturated rings. The van der Waals surface area contributed by atoms with E-state index in [2.05, 4.69) is 5.32 Å². The van der Waals surface area contributed by atoms with Gasteiger partial charge in [-0.3, -0.25) is 9.59 Å². The second-order valence-electron chi connectivity index (χ2n) is 8.25. The van der Waals surface area contributed by atoms with Gasteiger partial charge in [0.2, 0.25) is 0 Å². The smallest absolute Gasteiger partial charge is 0.265 e. The highest BCUT2D eigenvalue weighted by Crippen LogP contribution is 2.28. The molecule has 3 N–H and O–H groups in total. The van der Waals surface area contributed by atoms with Crippen LogP contribution in [0.1, 0.15) is 51.3 Å². The van der Waals surface area contributed by atoms with Crippen LogP contribution in [0, 0.1) is 11.6 Å². The fraction of sp³-hybridized carbons (Fsp3) is 0.280. The Morgan fingerprint density at radius 1 is 1.00 bits per heavy atom. The number of carbonyl (C=O) groups is 2. The summed E-state index contributed by atoms with van der Waals surface area (Å²) in [7, 11) is 0. The van der Waals surface area contributed by atoms with Crippen LogP contribution in [0.3, 0.4) is 0 Å². The molecule has 0 unspecified atom stereocenters. The van der Waals surface area contributed by atoms with E-state index in [4.69, 9.17) is 5.73 Å². The number of benzene rings is 2. The van der Waals surface area contributed by atoms with Crippen molar-refractivity contribution in [1.82, 2.24) is 4.90 Å². The van der Waals surface area contributed by atoms with Crippen molar-refractivity contribution in [3.05, 3.63) is 87.6 Å². The van der Waals surface area contributed by atoms with Crippen LogP contribution in [0.25, 0.3) is 0 Å². The lowest BCUT2D eigenvalue weighted by Crippen LogP contribution is -2.44. The summed E-state index contributed by atoms with van der Waals surface area (Å²) in [5, 5.41) is 4.75. The minimum Gasteiger partial charge on any atom is -0.331 e. The predicted octanol–water partition coefficient (Wildman–Crippen LogP) is 5.19. The van der Waals surface area contributed by atoms with Gasteiger partial charge in [-0.2, -0.15) is 0 Å². The van der Waals surface area contributed by atoms with E-state index in [0.717, 1.165) is 36.6 Å². The largest absolute Gasteiger partial charge is 0.331 e. The van der Waals surface area contributed by atoms with Crippen LogP contribution in [-0.4, -0.2) is 28.8 Å². The molecular weight excluding hydrogens is 444 g/mol. The van der Waals surface area contributed by atoms with Crippen molar-refractivity contribution in [1.29, 1.82) is 0 Å². The average molecular weight is 470 g/mol. The van der Waals surface area contributed by atoms with E-state index in [9.17, 15) is 18.4 Å². The lowest BCUT2D eigenvalue weighted by Gasteiger charge is -2.36. The quantitative estimate of drug-likeness (QED) is 0.522. The van der Waals surface area contributed by atoms with Gasteiger partial charge in [0.1, 0.15) is 11.6 Å². The first-order valence-electron chi connectivity index (χ1n) is 10.9. The fourth-order valence-electron chi connectivity index (χ4n) is 4.18. The van der Waals surface area contributed by atoms with E-state index in [0.29, 0.717) is 23.4 Å². The maximum atomic E-state index is 13.8. The van der Waals surface area contributed by atoms with Crippen LogP contribution in [0.5, 0.6) is 0 Å². The van der Waals surface area contributed by atoms with Gasteiger partial charge >= 0.3 is 0 Å². The van der Waals surface area contributed by atoms with E-state index in [1.54, 1.807) is 29.2 Å². The van der Waals surface area contributed by atoms with Gasteiger partial charge in [0.15, 0.2) is 0 Å². The molecule has 33 heavy (non-hydrogen) atoms. The summed E-state index contributed by atoms with van der Waals surface area (Å²) >= 11 is 1.34. The summed E-state index contributed by atoms with van der Waals surface area (Å²) in [5.74, 6) is -2.28. The number of amides is 2. The molecule has 3 aromatic rings. The minimum absolute atomic E-state index is 0.0394. The van der Waals surface area contributed by atoms with E-state index in [1.165, 1.54) is 11.3 Å². The lowest BCUT2D eigenvalue weighted by molar-refractivity contribution is 0.0606. The minimum atomic E-state index is -0.799. The molecule has 2 amide bonds. The van der Waals surface area contributed by atoms with Crippen molar-refractivity contribution in [2.24, 2.45) is 5.73 Å². The van der Waals surface area contributed by atoms with Crippen molar-refractivity contribution in [3.63, 3.8) is 0 Å². The first-order chi connectivity index (χ1) is 15.9. The van der Waals surface area contributed by atoms with Crippen LogP contribution in [0.4, 0.5) is 14.5 Å². The van der Waals surface area contributed by atoms with Gasteiger partial charge in [-0.05, 0) is 60.9 Å². The predicted molar refractivity (Wildman–Crippen MR) is 125 cm³/mol. The Morgan fingerprint density at radius 3 is 2.36 bits per heavy atom. The zero-order chi connectivity index (χ0) is 23.4. The molecule has 1 aromatic heterocycles. The molecule has 1 heterocycles. The molecule has 8 heteroatoms. The van der Waals surface area contributed by atoms with Crippen molar-refractivity contribution >= 4 is 28.8 Å². The van der Waals surface area contributed by atoms with E-state index in [1.807, 2.05) is 17.5 Å². The van der Waals surface area contributed by atoms with Gasteiger partial charge in [0.05, 0.1) is 4.88 Å². The third-order valence-corrected chi connectivity index (χ3v) is 6.77. The van der Waals surface area contributed by atoms with E-state index >= 15 is 0 Å². The molecule has 172 valence electrons. The number of thiophene rings is 1. The molecule has 4 rings (SSSR count). The van der Waals surface area contributed by atoms with E-state index in [-0.39, 0.29) is 30.1 Å². The highest BCUT2D eigenvalue weighted by atomic mass is 32.1. The second kappa shape index (κ2) is 10.2. The molecule has 0 atom stereocenters. The topological polar surface area (TPSA) is 75.4 Å². The summed E-state index contributed by atoms with van der Waals surface area (Å²) in [6, 6.07) is 13.6. The number of nitrogens with zero attached hydrogens (tertiary/aromatic N) is 1. The molecule has 0 spiro atoms. The number of hydrogen-bond donors (Lipinski definition) is 2. The Labute approximate surface area is 195 Å². The van der Waals surface area contributed by atoms with Gasteiger partial charge in [0.25, 0.3) is 11.8 Å². The third-order valence-electron chi connectivity index (χ3n) is 5.90. The maximum Gasteiger partial charge on any atom is 0.265 e. The molecule has 0 saturated heterocycles. The van der Waals surface area contributed by atoms with Crippen molar-refractivity contribution in [3.8, 4) is 0 Å². The Balaban J connectivity index is 1.63. The molecule has 5 nitrogen and oxygen atoms in total. The van der Waals surface area contributed by atoms with Gasteiger partial charge in [-0.25, -0.2) is 8.78 Å². The monoisotopic (exact) mass is 469 g/mol. The Hall–Kier alpha value is -3.10. The Morgan fingerprint density at radius 2 is 1.70 bits per heavy atom. The maximum absolute atomic E-state index is 13.8. The molecule has 0 aliphatic heterocycles. The number of nitrogens with two attached hydrogens (primary N) is 1. The van der Waals surface area contributed by atoms with Gasteiger partial charge in [0, 0.05) is 35.9 Å². The van der Waals surface area contributed by atoms with Gasteiger partial charge in [-0.1, -0.05) is 24.3 Å². The number of rotatable bonds is 6. The molecule has 1 saturated carbocycles. The number of halogens is 2. The standard InChI is InChI=1S/C25H25F2N3O2S/c26-18-12-17(13-19(27)14-18)25(32)30(21-9-7-20(28)8-10-21)15-16-4-1-2-5-22(16)29-24(31)23-6-3-11-33-23/h1-6,11-14,20-21H,7-10,15,28H2,(H,29,31). The first kappa shape index (κ1) is 23.1. The zero-order valence-corrected chi connectivity index (χ0v) is 18.8. The molecule has 1 aliphatic carbocycles. The highest BCUT2D eigenvalue weighted by Gasteiger charge is 2.29. The SMILES string of the molecule is NC1CCC(N(Cc2ccccc2NC(=O)c2cccs2)C(=O)c2cc(F)cc(F)c2)CC1. The van der Waals surface area contributed by atoms with Gasteiger partial charge < -0.3 is 16.0 Å². The molecule has 2 aromatic carbocycles. The fourth-order valence-corrected chi connectivity index (χ4v) is 4.80. The Bertz CT molecular complexity index is 1110. The lowest BCUT2D eigenvalue weighted by atomic mass is 9.90. The summed E-state index contributed by atoms with van der Waals surface area (Å²) in [4.78, 5) is 28.3. The second-order valence-corrected chi connectivity index (χ2v) is 9.20. The summed E-state index contributed by atoms with van der Waals surface area (Å²) < 4.78 is 27.7. The summed E-state index contributed by atoms with van der Waals surface area (Å²) in [6.45, 7) is 0.192. The third kappa shape index (κ3) is 5.64. The molecular formula is C25H25F2N3O2S. The van der Waals surface area contributed by atoms with Crippen LogP contribution < -0.4 is 11.1 Å². The highest BCUT2D eigenvalue weighted by molar-refractivity contribution is 7.12. The molecule has 1 aliphatic rings. The van der Waals surface area contributed by atoms with Crippen molar-refractivity contribution in [2.45, 2.75) is 44.3 Å². The van der Waals surface area contributed by atoms with Crippen LogP contribution in [0.2, 0.25) is 0 Å². The van der Waals surface area contributed by atoms with Crippen molar-refractivity contribution < 1.29 is 18.4 Å².